The van der Waals surface area contributed by atoms with Gasteiger partial charge in [-0.25, -0.2) is 0 Å². The molecule has 4 heteroatoms. The minimum Gasteiger partial charge on any atom is -0.366 e. The van der Waals surface area contributed by atoms with Gasteiger partial charge in [-0.15, -0.1) is 0 Å². The van der Waals surface area contributed by atoms with Gasteiger partial charge in [0.05, 0.1) is 4.92 Å². The van der Waals surface area contributed by atoms with E-state index < -0.39 is 0 Å². The van der Waals surface area contributed by atoms with Crippen LogP contribution >= 0.6 is 0 Å². The Morgan fingerprint density at radius 1 is 1.40 bits per heavy atom. The summed E-state index contributed by atoms with van der Waals surface area (Å²) >= 11 is 0. The van der Waals surface area contributed by atoms with Crippen LogP contribution < -0.4 is 4.90 Å². The molecule has 20 heavy (non-hydrogen) atoms. The van der Waals surface area contributed by atoms with Crippen LogP contribution in [0.5, 0.6) is 0 Å². The van der Waals surface area contributed by atoms with Crippen molar-refractivity contribution in [3.63, 3.8) is 0 Å². The number of anilines is 1. The molecule has 0 fully saturated rings. The van der Waals surface area contributed by atoms with Crippen molar-refractivity contribution in [3.8, 4) is 0 Å². The zero-order valence-electron chi connectivity index (χ0n) is 13.0. The lowest BCUT2D eigenvalue weighted by molar-refractivity contribution is -0.384. The highest BCUT2D eigenvalue weighted by molar-refractivity contribution is 5.66. The van der Waals surface area contributed by atoms with E-state index in [4.69, 9.17) is 0 Å². The number of nitro groups is 1. The van der Waals surface area contributed by atoms with E-state index in [2.05, 4.69) is 39.5 Å². The lowest BCUT2D eigenvalue weighted by Gasteiger charge is -2.37. The molecule has 0 saturated heterocycles. The molecule has 1 aromatic carbocycles. The van der Waals surface area contributed by atoms with Gasteiger partial charge in [0, 0.05) is 35.8 Å². The van der Waals surface area contributed by atoms with Gasteiger partial charge in [0.1, 0.15) is 0 Å². The lowest BCUT2D eigenvalue weighted by atomic mass is 9.87. The van der Waals surface area contributed by atoms with Crippen LogP contribution in [0.3, 0.4) is 0 Å². The predicted octanol–water partition coefficient (Wildman–Crippen LogP) is 4.34. The van der Waals surface area contributed by atoms with Crippen molar-refractivity contribution < 1.29 is 4.92 Å². The molecule has 1 aliphatic rings. The number of benzene rings is 1. The number of hydrogen-bond acceptors (Lipinski definition) is 3. The number of hydrogen-bond donors (Lipinski definition) is 0. The van der Waals surface area contributed by atoms with Gasteiger partial charge < -0.3 is 4.90 Å². The molecule has 0 N–H and O–H groups in total. The molecule has 110 valence electrons. The summed E-state index contributed by atoms with van der Waals surface area (Å²) in [6.07, 6.45) is 1.13. The maximum Gasteiger partial charge on any atom is 0.269 e. The van der Waals surface area contributed by atoms with E-state index in [1.807, 2.05) is 6.07 Å². The number of non-ortho nitro benzene ring substituents is 1. The predicted molar refractivity (Wildman–Crippen MR) is 82.4 cm³/mol. The quantitative estimate of drug-likeness (QED) is 0.607. The van der Waals surface area contributed by atoms with Gasteiger partial charge in [-0.2, -0.15) is 0 Å². The Hall–Kier alpha value is -1.58. The fourth-order valence-electron chi connectivity index (χ4n) is 2.97. The van der Waals surface area contributed by atoms with E-state index in [9.17, 15) is 10.1 Å². The van der Waals surface area contributed by atoms with Crippen molar-refractivity contribution in [2.24, 2.45) is 5.92 Å². The van der Waals surface area contributed by atoms with Gasteiger partial charge in [0.15, 0.2) is 0 Å². The first-order valence-corrected chi connectivity index (χ1v) is 7.31. The van der Waals surface area contributed by atoms with Crippen molar-refractivity contribution in [2.45, 2.75) is 52.5 Å². The second-order valence-corrected chi connectivity index (χ2v) is 6.71. The molecule has 1 aliphatic heterocycles. The standard InChI is InChI=1S/C16H24N2O2/c1-11(2)8-9-17-15-7-6-13(18(19)20)10-14(15)12(3)16(17,4)5/h6-7,10-12H,8-9H2,1-5H3. The second kappa shape index (κ2) is 5.08. The number of rotatable bonds is 4. The first kappa shape index (κ1) is 14.8. The summed E-state index contributed by atoms with van der Waals surface area (Å²) in [7, 11) is 0. The van der Waals surface area contributed by atoms with Gasteiger partial charge in [0.2, 0.25) is 0 Å². The molecule has 1 unspecified atom stereocenters. The highest BCUT2D eigenvalue weighted by Gasteiger charge is 2.42. The maximum absolute atomic E-state index is 11.0. The number of nitrogens with zero attached hydrogens (tertiary/aromatic N) is 2. The van der Waals surface area contributed by atoms with E-state index in [0.717, 1.165) is 24.2 Å². The summed E-state index contributed by atoms with van der Waals surface area (Å²) in [6.45, 7) is 12.1. The summed E-state index contributed by atoms with van der Waals surface area (Å²) in [5.74, 6) is 0.952. The molecule has 0 spiro atoms. The minimum atomic E-state index is -0.309. The highest BCUT2D eigenvalue weighted by atomic mass is 16.6. The van der Waals surface area contributed by atoms with E-state index in [-0.39, 0.29) is 16.1 Å². The molecule has 0 aromatic heterocycles. The third-order valence-corrected chi connectivity index (χ3v) is 4.66. The summed E-state index contributed by atoms with van der Waals surface area (Å²) in [5, 5.41) is 11.0. The molecular formula is C16H24N2O2. The summed E-state index contributed by atoms with van der Waals surface area (Å²) in [4.78, 5) is 13.1. The van der Waals surface area contributed by atoms with Crippen LogP contribution in [-0.4, -0.2) is 17.0 Å². The number of nitro benzene ring substituents is 1. The Labute approximate surface area is 120 Å². The summed E-state index contributed by atoms with van der Waals surface area (Å²) < 4.78 is 0. The molecule has 1 heterocycles. The Balaban J connectivity index is 2.39. The average molecular weight is 276 g/mol. The summed E-state index contributed by atoms with van der Waals surface area (Å²) in [6, 6.07) is 5.28. The average Bonchev–Trinajstić information content (AvgIpc) is 2.55. The van der Waals surface area contributed by atoms with E-state index >= 15 is 0 Å². The second-order valence-electron chi connectivity index (χ2n) is 6.71. The van der Waals surface area contributed by atoms with Crippen molar-refractivity contribution in [1.82, 2.24) is 0 Å². The minimum absolute atomic E-state index is 0.00639. The molecule has 0 aliphatic carbocycles. The molecule has 0 bridgehead atoms. The van der Waals surface area contributed by atoms with Gasteiger partial charge in [-0.3, -0.25) is 10.1 Å². The van der Waals surface area contributed by atoms with Crippen LogP contribution in [0.2, 0.25) is 0 Å². The zero-order chi connectivity index (χ0) is 15.1. The van der Waals surface area contributed by atoms with Crippen molar-refractivity contribution >= 4 is 11.4 Å². The van der Waals surface area contributed by atoms with Crippen LogP contribution in [0, 0.1) is 16.0 Å². The van der Waals surface area contributed by atoms with Crippen LogP contribution in [0.15, 0.2) is 18.2 Å². The smallest absolute Gasteiger partial charge is 0.269 e. The fraction of sp³-hybridized carbons (Fsp3) is 0.625. The van der Waals surface area contributed by atoms with Gasteiger partial charge in [0.25, 0.3) is 5.69 Å². The van der Waals surface area contributed by atoms with E-state index in [0.29, 0.717) is 11.8 Å². The van der Waals surface area contributed by atoms with Crippen molar-refractivity contribution in [3.05, 3.63) is 33.9 Å². The summed E-state index contributed by atoms with van der Waals surface area (Å²) in [5.41, 5.74) is 2.46. The Kier molecular flexibility index (Phi) is 3.76. The molecule has 1 aromatic rings. The fourth-order valence-corrected chi connectivity index (χ4v) is 2.97. The molecule has 2 rings (SSSR count). The first-order valence-electron chi connectivity index (χ1n) is 7.31. The molecule has 0 amide bonds. The Bertz CT molecular complexity index is 523. The lowest BCUT2D eigenvalue weighted by Crippen LogP contribution is -2.43. The van der Waals surface area contributed by atoms with Crippen molar-refractivity contribution in [2.75, 3.05) is 11.4 Å². The van der Waals surface area contributed by atoms with E-state index in [1.54, 1.807) is 12.1 Å². The molecule has 1 atom stereocenters. The van der Waals surface area contributed by atoms with Crippen LogP contribution in [0.4, 0.5) is 11.4 Å². The molecule has 0 saturated carbocycles. The van der Waals surface area contributed by atoms with Crippen LogP contribution in [0.25, 0.3) is 0 Å². The largest absolute Gasteiger partial charge is 0.366 e. The van der Waals surface area contributed by atoms with E-state index in [1.165, 1.54) is 0 Å². The topological polar surface area (TPSA) is 46.4 Å². The molecular weight excluding hydrogens is 252 g/mol. The Morgan fingerprint density at radius 2 is 2.05 bits per heavy atom. The molecule has 4 nitrogen and oxygen atoms in total. The normalized spacial score (nSPS) is 20.3. The molecule has 0 radical (unpaired) electrons. The monoisotopic (exact) mass is 276 g/mol. The van der Waals surface area contributed by atoms with Crippen molar-refractivity contribution in [1.29, 1.82) is 0 Å². The van der Waals surface area contributed by atoms with Gasteiger partial charge in [-0.1, -0.05) is 20.8 Å². The third kappa shape index (κ3) is 2.39. The van der Waals surface area contributed by atoms with Gasteiger partial charge in [-0.05, 0) is 37.8 Å². The maximum atomic E-state index is 11.0. The van der Waals surface area contributed by atoms with Crippen LogP contribution in [-0.2, 0) is 0 Å². The number of fused-ring (bicyclic) bond motifs is 1. The Morgan fingerprint density at radius 3 is 2.60 bits per heavy atom. The zero-order valence-corrected chi connectivity index (χ0v) is 13.0. The first-order chi connectivity index (χ1) is 9.25. The highest BCUT2D eigenvalue weighted by Crippen LogP contribution is 2.48. The third-order valence-electron chi connectivity index (χ3n) is 4.66. The SMILES string of the molecule is CC(C)CCN1c2ccc([N+](=O)[O-])cc2C(C)C1(C)C. The van der Waals surface area contributed by atoms with Crippen LogP contribution in [0.1, 0.15) is 52.5 Å². The van der Waals surface area contributed by atoms with Gasteiger partial charge >= 0.3 is 0 Å².